The second kappa shape index (κ2) is 5.85. The van der Waals surface area contributed by atoms with Crippen LogP contribution in [0, 0.1) is 0 Å². The first kappa shape index (κ1) is 14.9. The van der Waals surface area contributed by atoms with Gasteiger partial charge in [-0.15, -0.1) is 11.3 Å². The minimum atomic E-state index is -0.602. The number of nitrogens with two attached hydrogens (primary N) is 1. The monoisotopic (exact) mass is 308 g/mol. The summed E-state index contributed by atoms with van der Waals surface area (Å²) in [6.07, 6.45) is 0. The van der Waals surface area contributed by atoms with Gasteiger partial charge in [-0.3, -0.25) is 4.79 Å². The van der Waals surface area contributed by atoms with E-state index in [9.17, 15) is 4.79 Å². The largest absolute Gasteiger partial charge is 0.399 e. The Hall–Kier alpha value is -1.52. The summed E-state index contributed by atoms with van der Waals surface area (Å²) in [6.45, 7) is 4.29. The van der Waals surface area contributed by atoms with Crippen LogP contribution in [0.1, 0.15) is 24.3 Å². The number of rotatable bonds is 4. The number of carbonyl (C=O) groups is 1. The Morgan fingerprint density at radius 3 is 2.45 bits per heavy atom. The minimum absolute atomic E-state index is 0.0215. The normalized spacial score (nSPS) is 11.3. The molecule has 2 rings (SSSR count). The summed E-state index contributed by atoms with van der Waals surface area (Å²) in [5.41, 5.74) is 6.70. The molecule has 1 amide bonds. The molecule has 3 N–H and O–H groups in total. The zero-order chi connectivity index (χ0) is 14.8. The zero-order valence-electron chi connectivity index (χ0n) is 11.4. The van der Waals surface area contributed by atoms with E-state index in [2.05, 4.69) is 5.32 Å². The molecule has 106 valence electrons. The van der Waals surface area contributed by atoms with Crippen molar-refractivity contribution in [2.45, 2.75) is 25.8 Å². The summed E-state index contributed by atoms with van der Waals surface area (Å²) in [6, 6.07) is 11.1. The predicted octanol–water partition coefficient (Wildman–Crippen LogP) is 3.58. The van der Waals surface area contributed by atoms with Gasteiger partial charge in [-0.1, -0.05) is 23.7 Å². The van der Waals surface area contributed by atoms with Crippen molar-refractivity contribution in [3.05, 3.63) is 51.2 Å². The number of nitrogens with one attached hydrogen (secondary N) is 1. The fraction of sp³-hybridized carbons (Fsp3) is 0.267. The van der Waals surface area contributed by atoms with Gasteiger partial charge in [0.2, 0.25) is 5.91 Å². The fourth-order valence-electron chi connectivity index (χ4n) is 1.87. The maximum atomic E-state index is 12.4. The van der Waals surface area contributed by atoms with Gasteiger partial charge >= 0.3 is 0 Å². The van der Waals surface area contributed by atoms with Gasteiger partial charge in [-0.05, 0) is 43.7 Å². The SMILES string of the molecule is CC(C)(C(=O)NCc1ccc(Cl)s1)c1ccc(N)cc1. The van der Waals surface area contributed by atoms with Crippen LogP contribution in [0.4, 0.5) is 5.69 Å². The summed E-state index contributed by atoms with van der Waals surface area (Å²) >= 11 is 7.34. The van der Waals surface area contributed by atoms with Crippen LogP contribution in [0.25, 0.3) is 0 Å². The highest BCUT2D eigenvalue weighted by Gasteiger charge is 2.29. The van der Waals surface area contributed by atoms with E-state index >= 15 is 0 Å². The average Bonchev–Trinajstić information content (AvgIpc) is 2.82. The summed E-state index contributed by atoms with van der Waals surface area (Å²) in [5.74, 6) is -0.0215. The molecule has 0 radical (unpaired) electrons. The van der Waals surface area contributed by atoms with Crippen molar-refractivity contribution in [2.24, 2.45) is 0 Å². The molecule has 0 bridgehead atoms. The fourth-order valence-corrected chi connectivity index (χ4v) is 2.89. The van der Waals surface area contributed by atoms with Gasteiger partial charge in [-0.2, -0.15) is 0 Å². The molecular weight excluding hydrogens is 292 g/mol. The van der Waals surface area contributed by atoms with Gasteiger partial charge in [0.05, 0.1) is 16.3 Å². The summed E-state index contributed by atoms with van der Waals surface area (Å²) in [7, 11) is 0. The Balaban J connectivity index is 2.05. The van der Waals surface area contributed by atoms with E-state index in [1.165, 1.54) is 11.3 Å². The molecule has 0 aliphatic rings. The maximum Gasteiger partial charge on any atom is 0.230 e. The van der Waals surface area contributed by atoms with E-state index in [1.54, 1.807) is 0 Å². The first-order valence-corrected chi connectivity index (χ1v) is 7.47. The highest BCUT2D eigenvalue weighted by atomic mass is 35.5. The van der Waals surface area contributed by atoms with Crippen molar-refractivity contribution in [3.8, 4) is 0 Å². The summed E-state index contributed by atoms with van der Waals surface area (Å²) < 4.78 is 0.729. The van der Waals surface area contributed by atoms with Crippen LogP contribution in [0.3, 0.4) is 0 Å². The van der Waals surface area contributed by atoms with Crippen LogP contribution in [0.2, 0.25) is 4.34 Å². The molecule has 0 aliphatic heterocycles. The van der Waals surface area contributed by atoms with Crippen molar-refractivity contribution < 1.29 is 4.79 Å². The Morgan fingerprint density at radius 1 is 1.25 bits per heavy atom. The number of halogens is 1. The minimum Gasteiger partial charge on any atom is -0.399 e. The van der Waals surface area contributed by atoms with Gasteiger partial charge in [0.25, 0.3) is 0 Å². The number of hydrogen-bond acceptors (Lipinski definition) is 3. The maximum absolute atomic E-state index is 12.4. The van der Waals surface area contributed by atoms with Crippen molar-refractivity contribution in [1.29, 1.82) is 0 Å². The van der Waals surface area contributed by atoms with Gasteiger partial charge in [-0.25, -0.2) is 0 Å². The predicted molar refractivity (Wildman–Crippen MR) is 85.1 cm³/mol. The summed E-state index contributed by atoms with van der Waals surface area (Å²) in [5, 5.41) is 2.95. The average molecular weight is 309 g/mol. The van der Waals surface area contributed by atoms with E-state index in [1.807, 2.05) is 50.2 Å². The smallest absolute Gasteiger partial charge is 0.230 e. The van der Waals surface area contributed by atoms with Crippen LogP contribution < -0.4 is 11.1 Å². The first-order valence-electron chi connectivity index (χ1n) is 6.28. The van der Waals surface area contributed by atoms with Crippen LogP contribution in [0.15, 0.2) is 36.4 Å². The third kappa shape index (κ3) is 3.32. The lowest BCUT2D eigenvalue weighted by molar-refractivity contribution is -0.125. The van der Waals surface area contributed by atoms with Crippen LogP contribution in [0.5, 0.6) is 0 Å². The molecule has 5 heteroatoms. The van der Waals surface area contributed by atoms with Crippen molar-refractivity contribution in [2.75, 3.05) is 5.73 Å². The van der Waals surface area contributed by atoms with E-state index in [0.29, 0.717) is 12.2 Å². The molecule has 0 fully saturated rings. The molecule has 1 heterocycles. The molecule has 2 aromatic rings. The van der Waals surface area contributed by atoms with Gasteiger partial charge in [0, 0.05) is 10.6 Å². The second-order valence-corrected chi connectivity index (χ2v) is 6.94. The lowest BCUT2D eigenvalue weighted by Crippen LogP contribution is -2.39. The molecule has 1 aromatic heterocycles. The molecule has 0 atom stereocenters. The molecule has 0 spiro atoms. The highest BCUT2D eigenvalue weighted by Crippen LogP contribution is 2.25. The van der Waals surface area contributed by atoms with E-state index in [0.717, 1.165) is 14.8 Å². The second-order valence-electron chi connectivity index (χ2n) is 5.14. The molecule has 1 aromatic carbocycles. The molecule has 3 nitrogen and oxygen atoms in total. The lowest BCUT2D eigenvalue weighted by Gasteiger charge is -2.24. The lowest BCUT2D eigenvalue weighted by atomic mass is 9.83. The Bertz CT molecular complexity index is 605. The topological polar surface area (TPSA) is 55.1 Å². The Labute approximate surface area is 127 Å². The number of benzene rings is 1. The number of hydrogen-bond donors (Lipinski definition) is 2. The van der Waals surface area contributed by atoms with Gasteiger partial charge < -0.3 is 11.1 Å². The highest BCUT2D eigenvalue weighted by molar-refractivity contribution is 7.16. The first-order chi connectivity index (χ1) is 9.39. The zero-order valence-corrected chi connectivity index (χ0v) is 13.0. The Morgan fingerprint density at radius 2 is 1.90 bits per heavy atom. The number of thiophene rings is 1. The van der Waals surface area contributed by atoms with Crippen molar-refractivity contribution in [3.63, 3.8) is 0 Å². The number of amides is 1. The molecule has 0 saturated carbocycles. The molecular formula is C15H17ClN2OS. The van der Waals surface area contributed by atoms with Crippen molar-refractivity contribution >= 4 is 34.5 Å². The number of nitrogen functional groups attached to an aromatic ring is 1. The summed E-state index contributed by atoms with van der Waals surface area (Å²) in [4.78, 5) is 13.4. The van der Waals surface area contributed by atoms with E-state index in [-0.39, 0.29) is 5.91 Å². The molecule has 0 aliphatic carbocycles. The number of anilines is 1. The van der Waals surface area contributed by atoms with Crippen LogP contribution in [-0.4, -0.2) is 5.91 Å². The quantitative estimate of drug-likeness (QED) is 0.848. The van der Waals surface area contributed by atoms with Crippen LogP contribution >= 0.6 is 22.9 Å². The third-order valence-electron chi connectivity index (χ3n) is 3.25. The standard InChI is InChI=1S/C15H17ClN2OS/c1-15(2,10-3-5-11(17)6-4-10)14(19)18-9-12-7-8-13(16)20-12/h3-8H,9,17H2,1-2H3,(H,18,19). The number of carbonyl (C=O) groups excluding carboxylic acids is 1. The molecule has 20 heavy (non-hydrogen) atoms. The van der Waals surface area contributed by atoms with E-state index in [4.69, 9.17) is 17.3 Å². The van der Waals surface area contributed by atoms with Gasteiger partial charge in [0.15, 0.2) is 0 Å². The Kier molecular flexibility index (Phi) is 4.35. The molecule has 0 unspecified atom stereocenters. The van der Waals surface area contributed by atoms with Crippen LogP contribution in [-0.2, 0) is 16.8 Å². The van der Waals surface area contributed by atoms with Gasteiger partial charge in [0.1, 0.15) is 0 Å². The van der Waals surface area contributed by atoms with E-state index < -0.39 is 5.41 Å². The molecule has 0 saturated heterocycles. The third-order valence-corrected chi connectivity index (χ3v) is 4.48. The van der Waals surface area contributed by atoms with Crippen molar-refractivity contribution in [1.82, 2.24) is 5.32 Å².